The van der Waals surface area contributed by atoms with Crippen LogP contribution in [0.1, 0.15) is 35.8 Å². The first-order valence-corrected chi connectivity index (χ1v) is 6.04. The molecule has 0 atom stereocenters. The molecule has 1 heterocycles. The van der Waals surface area contributed by atoms with E-state index in [1.165, 1.54) is 6.20 Å². The van der Waals surface area contributed by atoms with E-state index in [2.05, 4.69) is 18.8 Å². The number of rotatable bonds is 4. The predicted molar refractivity (Wildman–Crippen MR) is 71.8 cm³/mol. The molecule has 0 bridgehead atoms. The molecule has 4 nitrogen and oxygen atoms in total. The Morgan fingerprint density at radius 2 is 2.05 bits per heavy atom. The number of nitrogens with zero attached hydrogens (tertiary/aromatic N) is 1. The van der Waals surface area contributed by atoms with Gasteiger partial charge in [0.2, 0.25) is 0 Å². The van der Waals surface area contributed by atoms with E-state index in [1.807, 2.05) is 18.2 Å². The van der Waals surface area contributed by atoms with Crippen LogP contribution in [0.2, 0.25) is 0 Å². The average molecular weight is 257 g/mol. The van der Waals surface area contributed by atoms with Crippen molar-refractivity contribution in [3.05, 3.63) is 53.9 Å². The van der Waals surface area contributed by atoms with Crippen molar-refractivity contribution < 1.29 is 14.6 Å². The fraction of sp³-hybridized carbons (Fsp3) is 0.200. The first-order chi connectivity index (χ1) is 9.08. The maximum Gasteiger partial charge on any atom is 0.358 e. The van der Waals surface area contributed by atoms with E-state index >= 15 is 0 Å². The molecule has 1 aromatic heterocycles. The third-order valence-electron chi connectivity index (χ3n) is 2.73. The van der Waals surface area contributed by atoms with Gasteiger partial charge in [0.15, 0.2) is 11.4 Å². The van der Waals surface area contributed by atoms with Crippen LogP contribution in [0.15, 0.2) is 42.6 Å². The van der Waals surface area contributed by atoms with Gasteiger partial charge in [0.05, 0.1) is 0 Å². The van der Waals surface area contributed by atoms with Crippen LogP contribution in [-0.4, -0.2) is 16.1 Å². The van der Waals surface area contributed by atoms with Gasteiger partial charge in [-0.25, -0.2) is 9.78 Å². The molecule has 0 saturated heterocycles. The summed E-state index contributed by atoms with van der Waals surface area (Å²) in [5.41, 5.74) is 1.05. The Morgan fingerprint density at radius 3 is 2.74 bits per heavy atom. The van der Waals surface area contributed by atoms with Crippen molar-refractivity contribution in [1.82, 2.24) is 4.98 Å². The predicted octanol–water partition coefficient (Wildman–Crippen LogP) is 3.70. The zero-order chi connectivity index (χ0) is 13.8. The number of carboxylic acids is 1. The van der Waals surface area contributed by atoms with E-state index < -0.39 is 5.97 Å². The van der Waals surface area contributed by atoms with Gasteiger partial charge in [-0.3, -0.25) is 0 Å². The molecule has 0 aliphatic heterocycles. The molecule has 2 aromatic rings. The van der Waals surface area contributed by atoms with Crippen molar-refractivity contribution >= 4 is 5.97 Å². The van der Waals surface area contributed by atoms with Crippen LogP contribution in [0, 0.1) is 0 Å². The van der Waals surface area contributed by atoms with Gasteiger partial charge >= 0.3 is 5.97 Å². The van der Waals surface area contributed by atoms with E-state index in [1.54, 1.807) is 18.2 Å². The summed E-state index contributed by atoms with van der Waals surface area (Å²) in [5, 5.41) is 9.04. The molecule has 98 valence electrons. The zero-order valence-corrected chi connectivity index (χ0v) is 10.8. The molecule has 0 aliphatic carbocycles. The highest BCUT2D eigenvalue weighted by Crippen LogP contribution is 2.26. The van der Waals surface area contributed by atoms with E-state index in [0.717, 1.165) is 5.56 Å². The largest absolute Gasteiger partial charge is 0.476 e. The summed E-state index contributed by atoms with van der Waals surface area (Å²) in [6.07, 6.45) is 1.43. The Labute approximate surface area is 111 Å². The summed E-state index contributed by atoms with van der Waals surface area (Å²) in [6, 6.07) is 10.8. The van der Waals surface area contributed by atoms with Gasteiger partial charge in [-0.2, -0.15) is 0 Å². The van der Waals surface area contributed by atoms with Crippen LogP contribution in [-0.2, 0) is 0 Å². The molecule has 1 aromatic carbocycles. The minimum atomic E-state index is -1.10. The summed E-state index contributed by atoms with van der Waals surface area (Å²) >= 11 is 0. The third kappa shape index (κ3) is 3.10. The lowest BCUT2D eigenvalue weighted by molar-refractivity contribution is 0.0687. The number of aromatic carboxylic acids is 1. The molecule has 0 radical (unpaired) electrons. The monoisotopic (exact) mass is 257 g/mol. The molecular formula is C15H15NO3. The summed E-state index contributed by atoms with van der Waals surface area (Å²) < 4.78 is 5.62. The minimum absolute atomic E-state index is 0.0857. The van der Waals surface area contributed by atoms with Crippen molar-refractivity contribution in [2.24, 2.45) is 0 Å². The Hall–Kier alpha value is -2.36. The van der Waals surface area contributed by atoms with Crippen molar-refractivity contribution in [3.8, 4) is 11.5 Å². The number of hydrogen-bond acceptors (Lipinski definition) is 3. The first kappa shape index (κ1) is 13.1. The average Bonchev–Trinajstić information content (AvgIpc) is 2.39. The van der Waals surface area contributed by atoms with Crippen LogP contribution in [0.4, 0.5) is 0 Å². The third-order valence-corrected chi connectivity index (χ3v) is 2.73. The smallest absolute Gasteiger partial charge is 0.358 e. The number of hydrogen-bond donors (Lipinski definition) is 1. The summed E-state index contributed by atoms with van der Waals surface area (Å²) in [6.45, 7) is 4.18. The summed E-state index contributed by atoms with van der Waals surface area (Å²) in [7, 11) is 0. The normalized spacial score (nSPS) is 10.5. The highest BCUT2D eigenvalue weighted by Gasteiger charge is 2.13. The first-order valence-electron chi connectivity index (χ1n) is 6.04. The SMILES string of the molecule is CC(C)c1cccc(Oc2cccnc2C(=O)O)c1. The van der Waals surface area contributed by atoms with Crippen LogP contribution >= 0.6 is 0 Å². The molecule has 1 N–H and O–H groups in total. The van der Waals surface area contributed by atoms with Crippen LogP contribution in [0.5, 0.6) is 11.5 Å². The number of ether oxygens (including phenoxy) is 1. The van der Waals surface area contributed by atoms with Crippen LogP contribution in [0.3, 0.4) is 0 Å². The van der Waals surface area contributed by atoms with Crippen molar-refractivity contribution in [3.63, 3.8) is 0 Å². The number of benzene rings is 1. The Morgan fingerprint density at radius 1 is 1.26 bits per heavy atom. The van der Waals surface area contributed by atoms with Gasteiger partial charge in [0.1, 0.15) is 5.75 Å². The molecule has 0 saturated carbocycles. The molecule has 0 unspecified atom stereocenters. The second-order valence-corrected chi connectivity index (χ2v) is 4.48. The topological polar surface area (TPSA) is 59.4 Å². The minimum Gasteiger partial charge on any atom is -0.476 e. The van der Waals surface area contributed by atoms with E-state index in [-0.39, 0.29) is 11.4 Å². The quantitative estimate of drug-likeness (QED) is 0.907. The van der Waals surface area contributed by atoms with E-state index in [4.69, 9.17) is 9.84 Å². The Bertz CT molecular complexity index is 593. The molecule has 0 fully saturated rings. The van der Waals surface area contributed by atoms with Gasteiger partial charge in [-0.1, -0.05) is 26.0 Å². The Kier molecular flexibility index (Phi) is 3.80. The molecule has 0 amide bonds. The molecule has 2 rings (SSSR count). The van der Waals surface area contributed by atoms with Gasteiger partial charge < -0.3 is 9.84 Å². The molecule has 4 heteroatoms. The lowest BCUT2D eigenvalue weighted by Gasteiger charge is -2.10. The number of pyridine rings is 1. The standard InChI is InChI=1S/C15H15NO3/c1-10(2)11-5-3-6-12(9-11)19-13-7-4-8-16-14(13)15(17)18/h3-10H,1-2H3,(H,17,18). The van der Waals surface area contributed by atoms with Crippen molar-refractivity contribution in [2.75, 3.05) is 0 Å². The zero-order valence-electron chi connectivity index (χ0n) is 10.8. The maximum absolute atomic E-state index is 11.0. The summed E-state index contributed by atoms with van der Waals surface area (Å²) in [5.74, 6) is 0.143. The van der Waals surface area contributed by atoms with Crippen LogP contribution in [0.25, 0.3) is 0 Å². The van der Waals surface area contributed by atoms with Crippen molar-refractivity contribution in [2.45, 2.75) is 19.8 Å². The molecule has 19 heavy (non-hydrogen) atoms. The maximum atomic E-state index is 11.0. The molecular weight excluding hydrogens is 242 g/mol. The van der Waals surface area contributed by atoms with Gasteiger partial charge in [0, 0.05) is 6.20 Å². The fourth-order valence-electron chi connectivity index (χ4n) is 1.70. The second-order valence-electron chi connectivity index (χ2n) is 4.48. The van der Waals surface area contributed by atoms with Gasteiger partial charge in [-0.05, 0) is 35.7 Å². The lowest BCUT2D eigenvalue weighted by Crippen LogP contribution is -2.02. The number of aromatic nitrogens is 1. The van der Waals surface area contributed by atoms with Crippen molar-refractivity contribution in [1.29, 1.82) is 0 Å². The van der Waals surface area contributed by atoms with E-state index in [9.17, 15) is 4.79 Å². The lowest BCUT2D eigenvalue weighted by atomic mass is 10.0. The van der Waals surface area contributed by atoms with Gasteiger partial charge in [0.25, 0.3) is 0 Å². The van der Waals surface area contributed by atoms with E-state index in [0.29, 0.717) is 11.7 Å². The fourth-order valence-corrected chi connectivity index (χ4v) is 1.70. The summed E-state index contributed by atoms with van der Waals surface area (Å²) in [4.78, 5) is 14.9. The highest BCUT2D eigenvalue weighted by atomic mass is 16.5. The number of carboxylic acid groups (broad SMARTS) is 1. The van der Waals surface area contributed by atoms with Gasteiger partial charge in [-0.15, -0.1) is 0 Å². The second kappa shape index (κ2) is 5.52. The molecule has 0 spiro atoms. The van der Waals surface area contributed by atoms with Crippen LogP contribution < -0.4 is 4.74 Å². The molecule has 0 aliphatic rings. The Balaban J connectivity index is 2.31. The highest BCUT2D eigenvalue weighted by molar-refractivity contribution is 5.88. The number of carbonyl (C=O) groups is 1.